The van der Waals surface area contributed by atoms with Crippen LogP contribution in [0.5, 0.6) is 0 Å². The number of hydrogen-bond donors (Lipinski definition) is 1. The van der Waals surface area contributed by atoms with Gasteiger partial charge in [-0.1, -0.05) is 48.5 Å². The summed E-state index contributed by atoms with van der Waals surface area (Å²) in [6.07, 6.45) is 2.90. The van der Waals surface area contributed by atoms with Crippen LogP contribution in [0.15, 0.2) is 90.0 Å². The fourth-order valence-electron chi connectivity index (χ4n) is 2.76. The first-order chi connectivity index (χ1) is 12.7. The molecule has 0 spiro atoms. The Bertz CT molecular complexity index is 1130. The molecule has 2 heterocycles. The Kier molecular flexibility index (Phi) is 4.03. The van der Waals surface area contributed by atoms with Crippen LogP contribution in [0.2, 0.25) is 0 Å². The van der Waals surface area contributed by atoms with E-state index in [0.717, 1.165) is 11.1 Å². The van der Waals surface area contributed by atoms with Crippen LogP contribution in [0.3, 0.4) is 0 Å². The van der Waals surface area contributed by atoms with Crippen molar-refractivity contribution in [3.8, 4) is 11.1 Å². The summed E-state index contributed by atoms with van der Waals surface area (Å²) in [5.41, 5.74) is 2.88. The summed E-state index contributed by atoms with van der Waals surface area (Å²) in [5.74, 6) is -0.479. The van der Waals surface area contributed by atoms with E-state index in [4.69, 9.17) is 0 Å². The van der Waals surface area contributed by atoms with Gasteiger partial charge in [0.25, 0.3) is 11.5 Å². The van der Waals surface area contributed by atoms with Crippen molar-refractivity contribution in [2.24, 2.45) is 0 Å². The van der Waals surface area contributed by atoms with Gasteiger partial charge in [-0.05, 0) is 35.4 Å². The fraction of sp³-hybridized carbons (Fsp3) is 0. The fourth-order valence-corrected chi connectivity index (χ4v) is 2.76. The van der Waals surface area contributed by atoms with Crippen LogP contribution in [0.4, 0.5) is 5.69 Å². The highest BCUT2D eigenvalue weighted by Crippen LogP contribution is 2.21. The van der Waals surface area contributed by atoms with Crippen molar-refractivity contribution in [3.63, 3.8) is 0 Å². The number of amides is 1. The zero-order chi connectivity index (χ0) is 17.9. The summed E-state index contributed by atoms with van der Waals surface area (Å²) >= 11 is 0. The van der Waals surface area contributed by atoms with Crippen LogP contribution in [0.1, 0.15) is 10.4 Å². The van der Waals surface area contributed by atoms with Gasteiger partial charge in [-0.2, -0.15) is 0 Å². The molecule has 0 aliphatic heterocycles. The van der Waals surface area contributed by atoms with Crippen LogP contribution in [-0.4, -0.2) is 15.3 Å². The second-order valence-electron chi connectivity index (χ2n) is 5.80. The van der Waals surface area contributed by atoms with E-state index in [0.29, 0.717) is 11.3 Å². The van der Waals surface area contributed by atoms with E-state index in [9.17, 15) is 9.59 Å². The van der Waals surface area contributed by atoms with E-state index in [2.05, 4.69) is 10.3 Å². The quantitative estimate of drug-likeness (QED) is 0.619. The molecule has 0 atom stereocenters. The van der Waals surface area contributed by atoms with Gasteiger partial charge >= 0.3 is 0 Å². The van der Waals surface area contributed by atoms with Gasteiger partial charge in [0.15, 0.2) is 0 Å². The van der Waals surface area contributed by atoms with Crippen molar-refractivity contribution in [1.29, 1.82) is 0 Å². The van der Waals surface area contributed by atoms with Gasteiger partial charge in [0.2, 0.25) is 0 Å². The molecule has 0 aliphatic carbocycles. The second-order valence-corrected chi connectivity index (χ2v) is 5.80. The van der Waals surface area contributed by atoms with E-state index in [1.54, 1.807) is 24.4 Å². The lowest BCUT2D eigenvalue weighted by Crippen LogP contribution is -2.26. The van der Waals surface area contributed by atoms with Crippen LogP contribution in [0.25, 0.3) is 16.8 Å². The van der Waals surface area contributed by atoms with Crippen LogP contribution < -0.4 is 10.9 Å². The van der Waals surface area contributed by atoms with Gasteiger partial charge in [-0.15, -0.1) is 0 Å². The van der Waals surface area contributed by atoms with Crippen molar-refractivity contribution < 1.29 is 4.79 Å². The van der Waals surface area contributed by atoms with E-state index in [1.165, 1.54) is 10.6 Å². The van der Waals surface area contributed by atoms with Crippen molar-refractivity contribution in [3.05, 3.63) is 101 Å². The van der Waals surface area contributed by atoms with E-state index in [-0.39, 0.29) is 5.56 Å². The van der Waals surface area contributed by atoms with Crippen molar-refractivity contribution in [2.45, 2.75) is 0 Å². The average molecular weight is 341 g/mol. The predicted molar refractivity (Wildman–Crippen MR) is 101 cm³/mol. The summed E-state index contributed by atoms with van der Waals surface area (Å²) in [7, 11) is 0. The molecular formula is C21H15N3O2. The summed E-state index contributed by atoms with van der Waals surface area (Å²) in [6, 6.07) is 22.7. The molecule has 0 unspecified atom stereocenters. The molecule has 0 fully saturated rings. The Morgan fingerprint density at radius 3 is 2.31 bits per heavy atom. The Labute approximate surface area is 149 Å². The standard InChI is InChI=1S/C21H15N3O2/c25-20(18-14-22-19-8-4-5-13-24(19)21(18)26)23-17-11-9-16(10-12-17)15-6-2-1-3-7-15/h1-14H,(H,23,25). The SMILES string of the molecule is O=C(Nc1ccc(-c2ccccc2)cc1)c1cnc2ccccn2c1=O. The van der Waals surface area contributed by atoms with Gasteiger partial charge < -0.3 is 5.32 Å². The third kappa shape index (κ3) is 2.98. The van der Waals surface area contributed by atoms with Crippen LogP contribution in [0, 0.1) is 0 Å². The molecule has 2 aromatic carbocycles. The minimum absolute atomic E-state index is 0.000774. The smallest absolute Gasteiger partial charge is 0.270 e. The number of pyridine rings is 1. The Morgan fingerprint density at radius 2 is 1.54 bits per heavy atom. The van der Waals surface area contributed by atoms with E-state index >= 15 is 0 Å². The number of benzene rings is 2. The van der Waals surface area contributed by atoms with E-state index in [1.807, 2.05) is 54.6 Å². The summed E-state index contributed by atoms with van der Waals surface area (Å²) in [4.78, 5) is 29.1. The lowest BCUT2D eigenvalue weighted by Gasteiger charge is -2.07. The van der Waals surface area contributed by atoms with Crippen LogP contribution >= 0.6 is 0 Å². The van der Waals surface area contributed by atoms with Crippen LogP contribution in [-0.2, 0) is 0 Å². The Hall–Kier alpha value is -3.73. The molecule has 5 nitrogen and oxygen atoms in total. The molecule has 0 radical (unpaired) electrons. The number of nitrogens with zero attached hydrogens (tertiary/aromatic N) is 2. The third-order valence-corrected chi connectivity index (χ3v) is 4.11. The van der Waals surface area contributed by atoms with Gasteiger partial charge in [-0.25, -0.2) is 4.98 Å². The summed E-state index contributed by atoms with van der Waals surface area (Å²) in [6.45, 7) is 0. The molecule has 4 rings (SSSR count). The van der Waals surface area contributed by atoms with Gasteiger partial charge in [0.1, 0.15) is 11.2 Å². The maximum atomic E-state index is 12.5. The maximum absolute atomic E-state index is 12.5. The highest BCUT2D eigenvalue weighted by molar-refractivity contribution is 6.04. The minimum Gasteiger partial charge on any atom is -0.322 e. The number of hydrogen-bond acceptors (Lipinski definition) is 3. The van der Waals surface area contributed by atoms with E-state index < -0.39 is 11.5 Å². The Morgan fingerprint density at radius 1 is 0.846 bits per heavy atom. The molecule has 126 valence electrons. The second kappa shape index (κ2) is 6.64. The largest absolute Gasteiger partial charge is 0.322 e. The monoisotopic (exact) mass is 341 g/mol. The molecule has 2 aromatic heterocycles. The number of aromatic nitrogens is 2. The number of carbonyl (C=O) groups excluding carboxylic acids is 1. The highest BCUT2D eigenvalue weighted by Gasteiger charge is 2.13. The van der Waals surface area contributed by atoms with Gasteiger partial charge in [-0.3, -0.25) is 14.0 Å². The maximum Gasteiger partial charge on any atom is 0.270 e. The topological polar surface area (TPSA) is 63.5 Å². The molecule has 0 saturated carbocycles. The molecule has 5 heteroatoms. The normalized spacial score (nSPS) is 10.6. The first kappa shape index (κ1) is 15.8. The number of nitrogens with one attached hydrogen (secondary N) is 1. The summed E-state index contributed by atoms with van der Waals surface area (Å²) in [5, 5.41) is 2.75. The number of rotatable bonds is 3. The highest BCUT2D eigenvalue weighted by atomic mass is 16.2. The number of fused-ring (bicyclic) bond motifs is 1. The van der Waals surface area contributed by atoms with Gasteiger partial charge in [0, 0.05) is 18.1 Å². The Balaban J connectivity index is 1.59. The molecule has 0 saturated heterocycles. The summed E-state index contributed by atoms with van der Waals surface area (Å²) < 4.78 is 1.35. The van der Waals surface area contributed by atoms with Crippen molar-refractivity contribution in [1.82, 2.24) is 9.38 Å². The molecule has 4 aromatic rings. The molecule has 26 heavy (non-hydrogen) atoms. The number of carbonyl (C=O) groups is 1. The zero-order valence-corrected chi connectivity index (χ0v) is 13.8. The first-order valence-corrected chi connectivity index (χ1v) is 8.15. The predicted octanol–water partition coefficient (Wildman–Crippen LogP) is 3.61. The number of anilines is 1. The first-order valence-electron chi connectivity index (χ1n) is 8.15. The molecular weight excluding hydrogens is 326 g/mol. The average Bonchev–Trinajstić information content (AvgIpc) is 2.69. The lowest BCUT2D eigenvalue weighted by molar-refractivity contribution is 0.102. The zero-order valence-electron chi connectivity index (χ0n) is 13.8. The molecule has 0 bridgehead atoms. The molecule has 1 N–H and O–H groups in total. The van der Waals surface area contributed by atoms with Crippen molar-refractivity contribution in [2.75, 3.05) is 5.32 Å². The third-order valence-electron chi connectivity index (χ3n) is 4.11. The lowest BCUT2D eigenvalue weighted by atomic mass is 10.1. The molecule has 0 aliphatic rings. The van der Waals surface area contributed by atoms with Gasteiger partial charge in [0.05, 0.1) is 0 Å². The van der Waals surface area contributed by atoms with Crippen molar-refractivity contribution >= 4 is 17.2 Å². The minimum atomic E-state index is -0.479. The molecule has 1 amide bonds.